The fraction of sp³-hybridized carbons (Fsp3) is 0.500. The Bertz CT molecular complexity index is 256. The highest BCUT2D eigenvalue weighted by Gasteiger charge is 2.35. The molecule has 0 fully saturated rings. The monoisotopic (exact) mass is 181 g/mol. The Morgan fingerprint density at radius 1 is 1.54 bits per heavy atom. The molecule has 0 aromatic heterocycles. The number of ether oxygens (including phenoxy) is 1. The Labute approximate surface area is 78.3 Å². The van der Waals surface area contributed by atoms with Gasteiger partial charge in [0.2, 0.25) is 0 Å². The molecular weight excluding hydrogens is 166 g/mol. The summed E-state index contributed by atoms with van der Waals surface area (Å²) < 4.78 is 5.53. The van der Waals surface area contributed by atoms with Crippen LogP contribution in [0.3, 0.4) is 0 Å². The number of carbonyl (C=O) groups is 1. The highest BCUT2D eigenvalue weighted by molar-refractivity contribution is 5.86. The molecule has 0 aromatic rings. The first-order valence-electron chi connectivity index (χ1n) is 4.39. The number of hydrogen-bond acceptors (Lipinski definition) is 2. The molecule has 3 nitrogen and oxygen atoms in total. The van der Waals surface area contributed by atoms with Crippen molar-refractivity contribution in [2.75, 3.05) is 0 Å². The fourth-order valence-electron chi connectivity index (χ4n) is 1.35. The van der Waals surface area contributed by atoms with E-state index in [0.29, 0.717) is 6.42 Å². The number of carbonyl (C=O) groups excluding carboxylic acids is 1. The van der Waals surface area contributed by atoms with Crippen molar-refractivity contribution in [1.29, 1.82) is 0 Å². The molecule has 1 aliphatic carbocycles. The van der Waals surface area contributed by atoms with E-state index < -0.39 is 11.5 Å². The van der Waals surface area contributed by atoms with E-state index in [4.69, 9.17) is 10.5 Å². The maximum Gasteiger partial charge on any atom is 0.254 e. The van der Waals surface area contributed by atoms with Crippen molar-refractivity contribution in [3.05, 3.63) is 24.3 Å². The number of primary amides is 1. The van der Waals surface area contributed by atoms with Gasteiger partial charge in [-0.25, -0.2) is 0 Å². The molecule has 0 aromatic carbocycles. The second-order valence-electron chi connectivity index (χ2n) is 3.41. The van der Waals surface area contributed by atoms with Gasteiger partial charge in [-0.05, 0) is 19.9 Å². The molecule has 0 spiro atoms. The number of rotatable bonds is 3. The molecule has 3 heteroatoms. The minimum atomic E-state index is -0.928. The summed E-state index contributed by atoms with van der Waals surface area (Å²) in [5.74, 6) is -0.429. The molecule has 1 amide bonds. The van der Waals surface area contributed by atoms with E-state index >= 15 is 0 Å². The fourth-order valence-corrected chi connectivity index (χ4v) is 1.35. The standard InChI is InChI=1S/C10H15NO2/c1-8(2)13-10(9(11)12)6-4-3-5-7-10/h3-6,8H,7H2,1-2H3,(H2,11,12). The Kier molecular flexibility index (Phi) is 2.88. The van der Waals surface area contributed by atoms with Crippen molar-refractivity contribution >= 4 is 5.91 Å². The SMILES string of the molecule is CC(C)OC1(C(N)=O)C=CC=CC1. The van der Waals surface area contributed by atoms with Crippen LogP contribution in [0.5, 0.6) is 0 Å². The molecule has 1 unspecified atom stereocenters. The van der Waals surface area contributed by atoms with Crippen LogP contribution in [-0.2, 0) is 9.53 Å². The minimum absolute atomic E-state index is 0.0105. The summed E-state index contributed by atoms with van der Waals surface area (Å²) in [4.78, 5) is 11.2. The number of allylic oxidation sites excluding steroid dienone is 2. The quantitative estimate of drug-likeness (QED) is 0.710. The molecule has 0 saturated carbocycles. The molecule has 1 atom stereocenters. The van der Waals surface area contributed by atoms with Gasteiger partial charge in [0.1, 0.15) is 0 Å². The largest absolute Gasteiger partial charge is 0.367 e. The second kappa shape index (κ2) is 3.75. The van der Waals surface area contributed by atoms with Crippen LogP contribution in [0.4, 0.5) is 0 Å². The first kappa shape index (κ1) is 9.99. The van der Waals surface area contributed by atoms with E-state index in [2.05, 4.69) is 0 Å². The Morgan fingerprint density at radius 3 is 2.62 bits per heavy atom. The maximum absolute atomic E-state index is 11.2. The van der Waals surface area contributed by atoms with Gasteiger partial charge in [0.15, 0.2) is 5.60 Å². The first-order chi connectivity index (χ1) is 6.07. The molecular formula is C10H15NO2. The lowest BCUT2D eigenvalue weighted by atomic mass is 9.94. The topological polar surface area (TPSA) is 52.3 Å². The van der Waals surface area contributed by atoms with E-state index in [9.17, 15) is 4.79 Å². The molecule has 0 saturated heterocycles. The zero-order chi connectivity index (χ0) is 9.90. The molecule has 1 rings (SSSR count). The molecule has 0 radical (unpaired) electrons. The third-order valence-electron chi connectivity index (χ3n) is 1.90. The highest BCUT2D eigenvalue weighted by Crippen LogP contribution is 2.23. The van der Waals surface area contributed by atoms with Crippen molar-refractivity contribution in [2.45, 2.75) is 32.0 Å². The summed E-state index contributed by atoms with van der Waals surface area (Å²) >= 11 is 0. The summed E-state index contributed by atoms with van der Waals surface area (Å²) in [6.07, 6.45) is 7.78. The van der Waals surface area contributed by atoms with Crippen LogP contribution in [0.25, 0.3) is 0 Å². The number of hydrogen-bond donors (Lipinski definition) is 1. The zero-order valence-electron chi connectivity index (χ0n) is 7.99. The second-order valence-corrected chi connectivity index (χ2v) is 3.41. The van der Waals surface area contributed by atoms with Gasteiger partial charge in [-0.2, -0.15) is 0 Å². The van der Waals surface area contributed by atoms with Crippen molar-refractivity contribution < 1.29 is 9.53 Å². The normalized spacial score (nSPS) is 26.7. The van der Waals surface area contributed by atoms with Gasteiger partial charge >= 0.3 is 0 Å². The smallest absolute Gasteiger partial charge is 0.254 e. The van der Waals surface area contributed by atoms with Gasteiger partial charge in [0.25, 0.3) is 5.91 Å². The van der Waals surface area contributed by atoms with E-state index in [1.54, 1.807) is 12.2 Å². The Hall–Kier alpha value is -1.09. The third kappa shape index (κ3) is 2.18. The summed E-state index contributed by atoms with van der Waals surface area (Å²) in [5, 5.41) is 0. The van der Waals surface area contributed by atoms with Crippen LogP contribution in [0.1, 0.15) is 20.3 Å². The first-order valence-corrected chi connectivity index (χ1v) is 4.39. The summed E-state index contributed by atoms with van der Waals surface area (Å²) in [6, 6.07) is 0. The van der Waals surface area contributed by atoms with Gasteiger partial charge in [-0.1, -0.05) is 18.2 Å². The molecule has 0 bridgehead atoms. The minimum Gasteiger partial charge on any atom is -0.367 e. The van der Waals surface area contributed by atoms with Crippen LogP contribution in [0.15, 0.2) is 24.3 Å². The van der Waals surface area contributed by atoms with E-state index in [-0.39, 0.29) is 6.10 Å². The van der Waals surface area contributed by atoms with Crippen molar-refractivity contribution in [3.8, 4) is 0 Å². The summed E-state index contributed by atoms with van der Waals surface area (Å²) in [5.41, 5.74) is 4.37. The van der Waals surface area contributed by atoms with Gasteiger partial charge in [-0.3, -0.25) is 4.79 Å². The average molecular weight is 181 g/mol. The molecule has 1 aliphatic rings. The maximum atomic E-state index is 11.2. The predicted molar refractivity (Wildman–Crippen MR) is 51.0 cm³/mol. The van der Waals surface area contributed by atoms with E-state index in [0.717, 1.165) is 0 Å². The summed E-state index contributed by atoms with van der Waals surface area (Å²) in [6.45, 7) is 3.77. The molecule has 72 valence electrons. The van der Waals surface area contributed by atoms with Gasteiger partial charge in [0, 0.05) is 6.42 Å². The Balaban J connectivity index is 2.82. The lowest BCUT2D eigenvalue weighted by Crippen LogP contribution is -2.46. The average Bonchev–Trinajstić information content (AvgIpc) is 2.04. The molecule has 0 aliphatic heterocycles. The van der Waals surface area contributed by atoms with Gasteiger partial charge in [-0.15, -0.1) is 0 Å². The van der Waals surface area contributed by atoms with Crippen molar-refractivity contribution in [1.82, 2.24) is 0 Å². The molecule has 0 heterocycles. The predicted octanol–water partition coefficient (Wildman–Crippen LogP) is 1.15. The van der Waals surface area contributed by atoms with Gasteiger partial charge in [0.05, 0.1) is 6.10 Å². The van der Waals surface area contributed by atoms with E-state index in [1.807, 2.05) is 26.0 Å². The van der Waals surface area contributed by atoms with Crippen molar-refractivity contribution in [2.24, 2.45) is 5.73 Å². The third-order valence-corrected chi connectivity index (χ3v) is 1.90. The lowest BCUT2D eigenvalue weighted by molar-refractivity contribution is -0.141. The van der Waals surface area contributed by atoms with Gasteiger partial charge < -0.3 is 10.5 Å². The summed E-state index contributed by atoms with van der Waals surface area (Å²) in [7, 11) is 0. The Morgan fingerprint density at radius 2 is 2.23 bits per heavy atom. The van der Waals surface area contributed by atoms with Crippen LogP contribution in [-0.4, -0.2) is 17.6 Å². The molecule has 13 heavy (non-hydrogen) atoms. The van der Waals surface area contributed by atoms with Crippen LogP contribution in [0.2, 0.25) is 0 Å². The highest BCUT2D eigenvalue weighted by atomic mass is 16.5. The van der Waals surface area contributed by atoms with E-state index in [1.165, 1.54) is 0 Å². The number of amides is 1. The van der Waals surface area contributed by atoms with Crippen LogP contribution < -0.4 is 5.73 Å². The molecule has 2 N–H and O–H groups in total. The zero-order valence-corrected chi connectivity index (χ0v) is 7.99. The van der Waals surface area contributed by atoms with Crippen molar-refractivity contribution in [3.63, 3.8) is 0 Å². The number of nitrogens with two attached hydrogens (primary N) is 1. The van der Waals surface area contributed by atoms with Crippen LogP contribution >= 0.6 is 0 Å². The van der Waals surface area contributed by atoms with Crippen LogP contribution in [0, 0.1) is 0 Å². The lowest BCUT2D eigenvalue weighted by Gasteiger charge is -2.29.